The minimum absolute atomic E-state index is 0.141. The Kier molecular flexibility index (Phi) is 9.87. The quantitative estimate of drug-likeness (QED) is 0.365. The van der Waals surface area contributed by atoms with Gasteiger partial charge in [0.15, 0.2) is 0 Å². The normalized spacial score (nSPS) is 10.4. The van der Waals surface area contributed by atoms with Gasteiger partial charge in [-0.15, -0.1) is 0 Å². The lowest BCUT2D eigenvalue weighted by atomic mass is 10.2. The Morgan fingerprint density at radius 3 is 2.45 bits per heavy atom. The Morgan fingerprint density at radius 2 is 1.73 bits per heavy atom. The summed E-state index contributed by atoms with van der Waals surface area (Å²) in [6.45, 7) is 3.75. The summed E-state index contributed by atoms with van der Waals surface area (Å²) in [4.78, 5) is 11.4. The van der Waals surface area contributed by atoms with Crippen LogP contribution in [-0.4, -0.2) is 32.4 Å². The average molecular weight is 309 g/mol. The maximum atomic E-state index is 11.4. The number of ether oxygens (including phenoxy) is 3. The number of benzene rings is 1. The molecule has 5 nitrogen and oxygen atoms in total. The fourth-order valence-electron chi connectivity index (χ4n) is 1.87. The van der Waals surface area contributed by atoms with Crippen LogP contribution in [0.15, 0.2) is 24.3 Å². The maximum Gasteiger partial charge on any atom is 0.305 e. The van der Waals surface area contributed by atoms with Crippen LogP contribution in [0.4, 0.5) is 5.69 Å². The molecule has 0 heterocycles. The largest absolute Gasteiger partial charge is 0.491 e. The lowest BCUT2D eigenvalue weighted by Gasteiger charge is -2.08. The van der Waals surface area contributed by atoms with Crippen molar-refractivity contribution in [1.29, 1.82) is 0 Å². The first-order chi connectivity index (χ1) is 10.7. The monoisotopic (exact) mass is 309 g/mol. The molecule has 0 spiro atoms. The minimum atomic E-state index is -0.141. The molecule has 22 heavy (non-hydrogen) atoms. The molecule has 0 saturated heterocycles. The molecule has 0 aliphatic rings. The summed E-state index contributed by atoms with van der Waals surface area (Å²) in [5.74, 6) is 0.620. The zero-order chi connectivity index (χ0) is 16.0. The van der Waals surface area contributed by atoms with Gasteiger partial charge in [-0.1, -0.05) is 26.2 Å². The molecular weight excluding hydrogens is 282 g/mol. The Labute approximate surface area is 132 Å². The van der Waals surface area contributed by atoms with Gasteiger partial charge in [-0.25, -0.2) is 0 Å². The maximum absolute atomic E-state index is 11.4. The van der Waals surface area contributed by atoms with E-state index in [1.807, 2.05) is 12.1 Å². The van der Waals surface area contributed by atoms with Gasteiger partial charge in [-0.2, -0.15) is 0 Å². The van der Waals surface area contributed by atoms with Gasteiger partial charge < -0.3 is 19.9 Å². The summed E-state index contributed by atoms with van der Waals surface area (Å²) in [6, 6.07) is 7.21. The molecule has 5 heteroatoms. The molecule has 1 rings (SSSR count). The molecule has 2 N–H and O–H groups in total. The molecule has 0 saturated carbocycles. The van der Waals surface area contributed by atoms with Gasteiger partial charge in [-0.05, 0) is 30.7 Å². The first-order valence-electron chi connectivity index (χ1n) is 7.94. The van der Waals surface area contributed by atoms with Crippen molar-refractivity contribution in [2.24, 2.45) is 0 Å². The smallest absolute Gasteiger partial charge is 0.305 e. The van der Waals surface area contributed by atoms with Crippen LogP contribution >= 0.6 is 0 Å². The topological polar surface area (TPSA) is 70.8 Å². The summed E-state index contributed by atoms with van der Waals surface area (Å²) in [5, 5.41) is 0. The van der Waals surface area contributed by atoms with Crippen LogP contribution in [-0.2, 0) is 14.3 Å². The fraction of sp³-hybridized carbons (Fsp3) is 0.588. The molecule has 0 atom stereocenters. The summed E-state index contributed by atoms with van der Waals surface area (Å²) >= 11 is 0. The third-order valence-electron chi connectivity index (χ3n) is 3.10. The molecule has 1 aromatic carbocycles. The molecule has 0 radical (unpaired) electrons. The number of nitrogen functional groups attached to an aromatic ring is 1. The predicted molar refractivity (Wildman–Crippen MR) is 86.9 cm³/mol. The van der Waals surface area contributed by atoms with Gasteiger partial charge >= 0.3 is 5.97 Å². The van der Waals surface area contributed by atoms with Gasteiger partial charge in [0.1, 0.15) is 19.0 Å². The second kappa shape index (κ2) is 11.9. The van der Waals surface area contributed by atoms with Crippen molar-refractivity contribution in [2.75, 3.05) is 32.2 Å². The SMILES string of the molecule is CCCCCCC(=O)OCCOCCOc1ccc(N)cc1. The van der Waals surface area contributed by atoms with Gasteiger partial charge in [0.05, 0.1) is 13.2 Å². The van der Waals surface area contributed by atoms with Crippen molar-refractivity contribution >= 4 is 11.7 Å². The van der Waals surface area contributed by atoms with E-state index < -0.39 is 0 Å². The lowest BCUT2D eigenvalue weighted by molar-refractivity contribution is -0.145. The number of hydrogen-bond acceptors (Lipinski definition) is 5. The van der Waals surface area contributed by atoms with Gasteiger partial charge in [0.2, 0.25) is 0 Å². The number of nitrogens with two attached hydrogens (primary N) is 1. The van der Waals surface area contributed by atoms with E-state index >= 15 is 0 Å². The highest BCUT2D eigenvalue weighted by atomic mass is 16.6. The Morgan fingerprint density at radius 1 is 1.00 bits per heavy atom. The minimum Gasteiger partial charge on any atom is -0.491 e. The third kappa shape index (κ3) is 9.23. The first-order valence-corrected chi connectivity index (χ1v) is 7.94. The number of carbonyl (C=O) groups excluding carboxylic acids is 1. The third-order valence-corrected chi connectivity index (χ3v) is 3.10. The molecule has 0 aliphatic carbocycles. The summed E-state index contributed by atoms with van der Waals surface area (Å²) in [5.41, 5.74) is 6.29. The predicted octanol–water partition coefficient (Wildman–Crippen LogP) is 3.18. The van der Waals surface area contributed by atoms with Crippen LogP contribution in [0.25, 0.3) is 0 Å². The molecule has 0 unspecified atom stereocenters. The lowest BCUT2D eigenvalue weighted by Crippen LogP contribution is -2.13. The first kappa shape index (κ1) is 18.3. The highest BCUT2D eigenvalue weighted by Crippen LogP contribution is 2.12. The molecule has 0 fully saturated rings. The number of carbonyl (C=O) groups is 1. The number of unbranched alkanes of at least 4 members (excludes halogenated alkanes) is 3. The van der Waals surface area contributed by atoms with E-state index in [4.69, 9.17) is 19.9 Å². The number of esters is 1. The van der Waals surface area contributed by atoms with Crippen molar-refractivity contribution in [3.05, 3.63) is 24.3 Å². The van der Waals surface area contributed by atoms with Crippen LogP contribution in [0.3, 0.4) is 0 Å². The second-order valence-electron chi connectivity index (χ2n) is 5.06. The Balaban J connectivity index is 1.91. The number of anilines is 1. The van der Waals surface area contributed by atoms with E-state index in [0.29, 0.717) is 38.5 Å². The van der Waals surface area contributed by atoms with Crippen LogP contribution in [0, 0.1) is 0 Å². The van der Waals surface area contributed by atoms with Crippen LogP contribution in [0.5, 0.6) is 5.75 Å². The van der Waals surface area contributed by atoms with E-state index in [2.05, 4.69) is 6.92 Å². The zero-order valence-electron chi connectivity index (χ0n) is 13.4. The van der Waals surface area contributed by atoms with E-state index in [0.717, 1.165) is 18.6 Å². The fourth-order valence-corrected chi connectivity index (χ4v) is 1.87. The Bertz CT molecular complexity index is 406. The van der Waals surface area contributed by atoms with Crippen molar-refractivity contribution < 1.29 is 19.0 Å². The van der Waals surface area contributed by atoms with Crippen molar-refractivity contribution in [3.63, 3.8) is 0 Å². The van der Waals surface area contributed by atoms with Crippen LogP contribution in [0.1, 0.15) is 39.0 Å². The van der Waals surface area contributed by atoms with Crippen molar-refractivity contribution in [3.8, 4) is 5.75 Å². The van der Waals surface area contributed by atoms with Crippen LogP contribution in [0.2, 0.25) is 0 Å². The van der Waals surface area contributed by atoms with Gasteiger partial charge in [0, 0.05) is 12.1 Å². The van der Waals surface area contributed by atoms with E-state index in [1.165, 1.54) is 12.8 Å². The van der Waals surface area contributed by atoms with Gasteiger partial charge in [-0.3, -0.25) is 4.79 Å². The molecule has 0 bridgehead atoms. The van der Waals surface area contributed by atoms with Crippen molar-refractivity contribution in [2.45, 2.75) is 39.0 Å². The summed E-state index contributed by atoms with van der Waals surface area (Å²) in [6.07, 6.45) is 4.83. The van der Waals surface area contributed by atoms with E-state index in [1.54, 1.807) is 12.1 Å². The number of rotatable bonds is 12. The van der Waals surface area contributed by atoms with Gasteiger partial charge in [0.25, 0.3) is 0 Å². The molecule has 0 amide bonds. The highest BCUT2D eigenvalue weighted by Gasteiger charge is 2.02. The number of hydrogen-bond donors (Lipinski definition) is 1. The van der Waals surface area contributed by atoms with Crippen LogP contribution < -0.4 is 10.5 Å². The van der Waals surface area contributed by atoms with Crippen molar-refractivity contribution in [1.82, 2.24) is 0 Å². The molecular formula is C17H27NO4. The molecule has 124 valence electrons. The standard InChI is InChI=1S/C17H27NO4/c1-2-3-4-5-6-17(19)22-14-12-20-11-13-21-16-9-7-15(18)8-10-16/h7-10H,2-6,11-14,18H2,1H3. The zero-order valence-corrected chi connectivity index (χ0v) is 13.4. The molecule has 1 aromatic rings. The Hall–Kier alpha value is -1.75. The summed E-state index contributed by atoms with van der Waals surface area (Å²) in [7, 11) is 0. The van der Waals surface area contributed by atoms with E-state index in [9.17, 15) is 4.79 Å². The van der Waals surface area contributed by atoms with E-state index in [-0.39, 0.29) is 5.97 Å². The second-order valence-corrected chi connectivity index (χ2v) is 5.06. The molecule has 0 aliphatic heterocycles. The summed E-state index contributed by atoms with van der Waals surface area (Å²) < 4.78 is 15.9. The molecule has 0 aromatic heterocycles. The average Bonchev–Trinajstić information content (AvgIpc) is 2.52. The highest BCUT2D eigenvalue weighted by molar-refractivity contribution is 5.69.